The molecule has 0 radical (unpaired) electrons. The molecule has 3 rings (SSSR count). The van der Waals surface area contributed by atoms with Gasteiger partial charge in [0.05, 0.1) is 0 Å². The SMILES string of the molecule is NCC1CC12CCc1ccc(F)cc12. The highest BCUT2D eigenvalue weighted by molar-refractivity contribution is 5.45. The summed E-state index contributed by atoms with van der Waals surface area (Å²) in [6.07, 6.45) is 3.44. The van der Waals surface area contributed by atoms with E-state index in [-0.39, 0.29) is 11.2 Å². The van der Waals surface area contributed by atoms with Gasteiger partial charge in [0.1, 0.15) is 5.82 Å². The van der Waals surface area contributed by atoms with E-state index < -0.39 is 0 Å². The predicted molar refractivity (Wildman–Crippen MR) is 53.6 cm³/mol. The van der Waals surface area contributed by atoms with Gasteiger partial charge in [0.15, 0.2) is 0 Å². The molecule has 2 N–H and O–H groups in total. The maximum atomic E-state index is 13.1. The second-order valence-electron chi connectivity index (χ2n) is 4.59. The van der Waals surface area contributed by atoms with Crippen LogP contribution in [0.3, 0.4) is 0 Å². The summed E-state index contributed by atoms with van der Waals surface area (Å²) in [5.41, 5.74) is 8.54. The van der Waals surface area contributed by atoms with E-state index in [0.717, 1.165) is 13.0 Å². The van der Waals surface area contributed by atoms with Crippen molar-refractivity contribution in [2.24, 2.45) is 11.7 Å². The number of nitrogens with two attached hydrogens (primary N) is 1. The highest BCUT2D eigenvalue weighted by Gasteiger charge is 2.56. The number of hydrogen-bond acceptors (Lipinski definition) is 1. The molecule has 1 saturated carbocycles. The van der Waals surface area contributed by atoms with Crippen LogP contribution in [0.5, 0.6) is 0 Å². The maximum absolute atomic E-state index is 13.1. The predicted octanol–water partition coefficient (Wildman–Crippen LogP) is 1.99. The third-order valence-corrected chi connectivity index (χ3v) is 3.97. The van der Waals surface area contributed by atoms with E-state index in [1.54, 1.807) is 12.1 Å². The fraction of sp³-hybridized carbons (Fsp3) is 0.500. The number of benzene rings is 1. The van der Waals surface area contributed by atoms with E-state index in [1.165, 1.54) is 24.0 Å². The smallest absolute Gasteiger partial charge is 0.123 e. The summed E-state index contributed by atoms with van der Waals surface area (Å²) in [7, 11) is 0. The molecule has 2 aliphatic carbocycles. The van der Waals surface area contributed by atoms with Crippen molar-refractivity contribution in [2.45, 2.75) is 24.7 Å². The Balaban J connectivity index is 2.06. The Kier molecular flexibility index (Phi) is 1.55. The molecular formula is C12H14FN. The zero-order valence-electron chi connectivity index (χ0n) is 8.09. The van der Waals surface area contributed by atoms with Crippen LogP contribution < -0.4 is 5.73 Å². The van der Waals surface area contributed by atoms with Gasteiger partial charge in [-0.3, -0.25) is 0 Å². The fourth-order valence-corrected chi connectivity index (χ4v) is 3.05. The van der Waals surface area contributed by atoms with E-state index >= 15 is 0 Å². The third-order valence-electron chi connectivity index (χ3n) is 3.97. The van der Waals surface area contributed by atoms with Crippen LogP contribution >= 0.6 is 0 Å². The molecule has 0 heterocycles. The summed E-state index contributed by atoms with van der Waals surface area (Å²) in [5.74, 6) is 0.498. The molecule has 0 aromatic heterocycles. The molecule has 1 fully saturated rings. The minimum atomic E-state index is -0.104. The van der Waals surface area contributed by atoms with Gasteiger partial charge in [-0.1, -0.05) is 6.07 Å². The number of rotatable bonds is 1. The van der Waals surface area contributed by atoms with Gasteiger partial charge in [0, 0.05) is 5.41 Å². The normalized spacial score (nSPS) is 33.4. The van der Waals surface area contributed by atoms with Gasteiger partial charge in [-0.15, -0.1) is 0 Å². The first kappa shape index (κ1) is 8.42. The summed E-state index contributed by atoms with van der Waals surface area (Å²) < 4.78 is 13.1. The second kappa shape index (κ2) is 2.57. The first-order valence-electron chi connectivity index (χ1n) is 5.25. The van der Waals surface area contributed by atoms with Crippen molar-refractivity contribution in [1.82, 2.24) is 0 Å². The first-order chi connectivity index (χ1) is 6.76. The van der Waals surface area contributed by atoms with Crippen LogP contribution in [0.15, 0.2) is 18.2 Å². The zero-order valence-corrected chi connectivity index (χ0v) is 8.09. The van der Waals surface area contributed by atoms with Gasteiger partial charge in [0.25, 0.3) is 0 Å². The quantitative estimate of drug-likeness (QED) is 0.721. The van der Waals surface area contributed by atoms with Crippen molar-refractivity contribution in [3.63, 3.8) is 0 Å². The largest absolute Gasteiger partial charge is 0.330 e. The second-order valence-corrected chi connectivity index (χ2v) is 4.59. The van der Waals surface area contributed by atoms with Crippen molar-refractivity contribution in [3.05, 3.63) is 35.1 Å². The van der Waals surface area contributed by atoms with Crippen molar-refractivity contribution in [2.75, 3.05) is 6.54 Å². The summed E-state index contributed by atoms with van der Waals surface area (Å²) in [6.45, 7) is 0.746. The Bertz CT molecular complexity index is 388. The number of hydrogen-bond donors (Lipinski definition) is 1. The molecule has 1 aromatic rings. The Labute approximate surface area is 83.1 Å². The van der Waals surface area contributed by atoms with E-state index in [1.807, 2.05) is 6.07 Å². The highest BCUT2D eigenvalue weighted by atomic mass is 19.1. The summed E-state index contributed by atoms with van der Waals surface area (Å²) in [4.78, 5) is 0. The Morgan fingerprint density at radius 2 is 2.36 bits per heavy atom. The molecule has 2 unspecified atom stereocenters. The highest BCUT2D eigenvalue weighted by Crippen LogP contribution is 2.60. The van der Waals surface area contributed by atoms with E-state index in [2.05, 4.69) is 0 Å². The molecule has 2 aliphatic rings. The molecule has 2 heteroatoms. The minimum Gasteiger partial charge on any atom is -0.330 e. The lowest BCUT2D eigenvalue weighted by molar-refractivity contribution is 0.589. The van der Waals surface area contributed by atoms with Gasteiger partial charge < -0.3 is 5.73 Å². The summed E-state index contributed by atoms with van der Waals surface area (Å²) in [6, 6.07) is 5.22. The first-order valence-corrected chi connectivity index (χ1v) is 5.25. The molecule has 1 nitrogen and oxygen atoms in total. The molecule has 0 saturated heterocycles. The summed E-state index contributed by atoms with van der Waals surface area (Å²) >= 11 is 0. The minimum absolute atomic E-state index is 0.104. The average molecular weight is 191 g/mol. The molecule has 0 aliphatic heterocycles. The lowest BCUT2D eigenvalue weighted by atomic mass is 9.95. The van der Waals surface area contributed by atoms with Crippen LogP contribution in [0.25, 0.3) is 0 Å². The molecule has 14 heavy (non-hydrogen) atoms. The third kappa shape index (κ3) is 0.921. The van der Waals surface area contributed by atoms with Gasteiger partial charge in [-0.25, -0.2) is 4.39 Å². The molecular weight excluding hydrogens is 177 g/mol. The van der Waals surface area contributed by atoms with E-state index in [0.29, 0.717) is 5.92 Å². The number of fused-ring (bicyclic) bond motifs is 2. The van der Waals surface area contributed by atoms with Crippen molar-refractivity contribution in [1.29, 1.82) is 0 Å². The Morgan fingerprint density at radius 1 is 1.50 bits per heavy atom. The Morgan fingerprint density at radius 3 is 3.07 bits per heavy atom. The van der Waals surface area contributed by atoms with Crippen LogP contribution in [0.4, 0.5) is 4.39 Å². The van der Waals surface area contributed by atoms with Crippen LogP contribution in [-0.4, -0.2) is 6.54 Å². The van der Waals surface area contributed by atoms with E-state index in [9.17, 15) is 4.39 Å². The molecule has 0 amide bonds. The van der Waals surface area contributed by atoms with Crippen molar-refractivity contribution in [3.8, 4) is 0 Å². The van der Waals surface area contributed by atoms with E-state index in [4.69, 9.17) is 5.73 Å². The number of aryl methyl sites for hydroxylation is 1. The lowest BCUT2D eigenvalue weighted by Gasteiger charge is -2.10. The van der Waals surface area contributed by atoms with Gasteiger partial charge in [0.2, 0.25) is 0 Å². The van der Waals surface area contributed by atoms with Crippen LogP contribution in [0, 0.1) is 11.7 Å². The van der Waals surface area contributed by atoms with Crippen molar-refractivity contribution < 1.29 is 4.39 Å². The van der Waals surface area contributed by atoms with Crippen molar-refractivity contribution >= 4 is 0 Å². The molecule has 0 bridgehead atoms. The van der Waals surface area contributed by atoms with Gasteiger partial charge in [-0.2, -0.15) is 0 Å². The van der Waals surface area contributed by atoms with Gasteiger partial charge >= 0.3 is 0 Å². The fourth-order valence-electron chi connectivity index (χ4n) is 3.05. The molecule has 2 atom stereocenters. The lowest BCUT2D eigenvalue weighted by Crippen LogP contribution is -2.12. The van der Waals surface area contributed by atoms with Crippen LogP contribution in [-0.2, 0) is 11.8 Å². The number of halogens is 1. The standard InChI is InChI=1S/C12H14FN/c13-10-2-1-8-3-4-12(11(8)5-10)6-9(12)7-14/h1-2,5,9H,3-4,6-7,14H2. The maximum Gasteiger partial charge on any atom is 0.123 e. The molecule has 1 aromatic carbocycles. The molecule has 74 valence electrons. The zero-order chi connectivity index (χ0) is 9.76. The van der Waals surface area contributed by atoms with Crippen LogP contribution in [0.2, 0.25) is 0 Å². The topological polar surface area (TPSA) is 26.0 Å². The monoisotopic (exact) mass is 191 g/mol. The molecule has 1 spiro atoms. The summed E-state index contributed by atoms with van der Waals surface area (Å²) in [5, 5.41) is 0. The van der Waals surface area contributed by atoms with Crippen LogP contribution in [0.1, 0.15) is 24.0 Å². The van der Waals surface area contributed by atoms with Gasteiger partial charge in [-0.05, 0) is 55.0 Å². The average Bonchev–Trinajstić information content (AvgIpc) is 2.80. The Hall–Kier alpha value is -0.890.